The highest BCUT2D eigenvalue weighted by atomic mass is 28.4. The molecule has 0 aromatic heterocycles. The predicted molar refractivity (Wildman–Crippen MR) is 52.0 cm³/mol. The maximum absolute atomic E-state index is 13.4. The molecule has 2 nitrogen and oxygen atoms in total. The van der Waals surface area contributed by atoms with Crippen LogP contribution in [0, 0.1) is 28.6 Å². The van der Waals surface area contributed by atoms with Crippen LogP contribution in [0.3, 0.4) is 0 Å². The molecule has 1 atom stereocenters. The zero-order chi connectivity index (χ0) is 10.5. The fraction of sp³-hybridized carbons (Fsp3) is 0.778. The van der Waals surface area contributed by atoms with Gasteiger partial charge in [0.1, 0.15) is 5.92 Å². The second kappa shape index (κ2) is 4.99. The van der Waals surface area contributed by atoms with Crippen molar-refractivity contribution in [1.82, 2.24) is 0 Å². The SMILES string of the molecule is CC(CCC(C#N)C#N)[Si](C)(C)F. The Labute approximate surface area is 80.2 Å². The van der Waals surface area contributed by atoms with Crippen molar-refractivity contribution in [3.8, 4) is 12.1 Å². The molecule has 0 N–H and O–H groups in total. The maximum atomic E-state index is 13.4. The van der Waals surface area contributed by atoms with E-state index in [2.05, 4.69) is 0 Å². The summed E-state index contributed by atoms with van der Waals surface area (Å²) in [7, 11) is -2.57. The maximum Gasteiger partial charge on any atom is 0.243 e. The third kappa shape index (κ3) is 4.64. The Morgan fingerprint density at radius 1 is 1.23 bits per heavy atom. The average Bonchev–Trinajstić information content (AvgIpc) is 2.04. The van der Waals surface area contributed by atoms with Crippen molar-refractivity contribution in [2.24, 2.45) is 5.92 Å². The van der Waals surface area contributed by atoms with Crippen LogP contribution in [-0.4, -0.2) is 8.41 Å². The highest BCUT2D eigenvalue weighted by Crippen LogP contribution is 2.28. The number of hydrogen-bond donors (Lipinski definition) is 0. The molecule has 0 amide bonds. The first kappa shape index (κ1) is 12.1. The van der Waals surface area contributed by atoms with Gasteiger partial charge in [0, 0.05) is 0 Å². The van der Waals surface area contributed by atoms with Crippen LogP contribution >= 0.6 is 0 Å². The Morgan fingerprint density at radius 3 is 2.00 bits per heavy atom. The molecule has 0 aromatic carbocycles. The van der Waals surface area contributed by atoms with Crippen molar-refractivity contribution in [2.45, 2.75) is 38.4 Å². The van der Waals surface area contributed by atoms with E-state index in [0.717, 1.165) is 0 Å². The summed E-state index contributed by atoms with van der Waals surface area (Å²) in [6.45, 7) is 5.18. The third-order valence-electron chi connectivity index (χ3n) is 2.37. The van der Waals surface area contributed by atoms with Crippen LogP contribution in [0.2, 0.25) is 18.6 Å². The van der Waals surface area contributed by atoms with E-state index in [1.165, 1.54) is 0 Å². The van der Waals surface area contributed by atoms with Crippen molar-refractivity contribution < 1.29 is 4.11 Å². The lowest BCUT2D eigenvalue weighted by molar-refractivity contribution is 0.612. The number of rotatable bonds is 4. The Balaban J connectivity index is 3.92. The summed E-state index contributed by atoms with van der Waals surface area (Å²) in [6.07, 6.45) is 1.13. The van der Waals surface area contributed by atoms with Gasteiger partial charge in [-0.25, -0.2) is 0 Å². The smallest absolute Gasteiger partial charge is 0.243 e. The van der Waals surface area contributed by atoms with Crippen LogP contribution in [0.15, 0.2) is 0 Å². The average molecular weight is 198 g/mol. The molecule has 1 unspecified atom stereocenters. The van der Waals surface area contributed by atoms with Gasteiger partial charge < -0.3 is 4.11 Å². The minimum Gasteiger partial charge on any atom is -0.314 e. The molecule has 0 bridgehead atoms. The van der Waals surface area contributed by atoms with Gasteiger partial charge in [-0.05, 0) is 31.5 Å². The molecule has 0 spiro atoms. The quantitative estimate of drug-likeness (QED) is 0.515. The molecular weight excluding hydrogens is 183 g/mol. The first-order valence-electron chi connectivity index (χ1n) is 4.40. The van der Waals surface area contributed by atoms with Gasteiger partial charge in [-0.15, -0.1) is 0 Å². The molecule has 0 aromatic rings. The van der Waals surface area contributed by atoms with Gasteiger partial charge in [-0.2, -0.15) is 10.5 Å². The minimum absolute atomic E-state index is 0.0247. The Kier molecular flexibility index (Phi) is 4.65. The van der Waals surface area contributed by atoms with E-state index >= 15 is 0 Å². The zero-order valence-electron chi connectivity index (χ0n) is 8.34. The van der Waals surface area contributed by atoms with Gasteiger partial charge in [0.2, 0.25) is 8.41 Å². The number of halogens is 1. The van der Waals surface area contributed by atoms with Gasteiger partial charge in [-0.1, -0.05) is 6.92 Å². The largest absolute Gasteiger partial charge is 0.314 e. The lowest BCUT2D eigenvalue weighted by atomic mass is 10.1. The summed E-state index contributed by atoms with van der Waals surface area (Å²) in [4.78, 5) is 0. The summed E-state index contributed by atoms with van der Waals surface area (Å²) in [5.41, 5.74) is 0.0247. The van der Waals surface area contributed by atoms with Crippen molar-refractivity contribution in [2.75, 3.05) is 0 Å². The fourth-order valence-corrected chi connectivity index (χ4v) is 1.77. The van der Waals surface area contributed by atoms with E-state index in [-0.39, 0.29) is 5.54 Å². The van der Waals surface area contributed by atoms with Gasteiger partial charge >= 0.3 is 0 Å². The Hall–Kier alpha value is -0.873. The van der Waals surface area contributed by atoms with E-state index < -0.39 is 14.3 Å². The van der Waals surface area contributed by atoms with E-state index in [9.17, 15) is 4.11 Å². The van der Waals surface area contributed by atoms with Gasteiger partial charge in [-0.3, -0.25) is 0 Å². The van der Waals surface area contributed by atoms with Crippen LogP contribution in [-0.2, 0) is 0 Å². The van der Waals surface area contributed by atoms with E-state index in [4.69, 9.17) is 10.5 Å². The summed E-state index contributed by atoms with van der Waals surface area (Å²) in [5.74, 6) is -0.571. The standard InChI is InChI=1S/C9H15FN2Si/c1-8(13(2,3)10)4-5-9(6-11)7-12/h8-9H,4-5H2,1-3H3. The van der Waals surface area contributed by atoms with Crippen LogP contribution < -0.4 is 0 Å². The first-order valence-corrected chi connectivity index (χ1v) is 7.35. The highest BCUT2D eigenvalue weighted by molar-refractivity contribution is 6.71. The van der Waals surface area contributed by atoms with E-state index in [0.29, 0.717) is 12.8 Å². The molecule has 13 heavy (non-hydrogen) atoms. The molecule has 0 rings (SSSR count). The van der Waals surface area contributed by atoms with Crippen LogP contribution in [0.4, 0.5) is 4.11 Å². The molecule has 0 heterocycles. The van der Waals surface area contributed by atoms with Crippen LogP contribution in [0.25, 0.3) is 0 Å². The summed E-state index contributed by atoms with van der Waals surface area (Å²) in [6, 6.07) is 3.78. The summed E-state index contributed by atoms with van der Waals surface area (Å²) >= 11 is 0. The molecule has 4 heteroatoms. The molecule has 0 saturated heterocycles. The first-order chi connectivity index (χ1) is 5.91. The monoisotopic (exact) mass is 198 g/mol. The molecular formula is C9H15FN2Si. The van der Waals surface area contributed by atoms with E-state index in [1.807, 2.05) is 19.1 Å². The van der Waals surface area contributed by atoms with Gasteiger partial charge in [0.15, 0.2) is 0 Å². The Morgan fingerprint density at radius 2 is 1.69 bits per heavy atom. The zero-order valence-corrected chi connectivity index (χ0v) is 9.34. The van der Waals surface area contributed by atoms with Gasteiger partial charge in [0.25, 0.3) is 0 Å². The summed E-state index contributed by atoms with van der Waals surface area (Å²) < 4.78 is 13.4. The molecule has 0 saturated carbocycles. The number of hydrogen-bond acceptors (Lipinski definition) is 2. The third-order valence-corrected chi connectivity index (χ3v) is 5.00. The van der Waals surface area contributed by atoms with Crippen LogP contribution in [0.5, 0.6) is 0 Å². The van der Waals surface area contributed by atoms with Crippen molar-refractivity contribution in [1.29, 1.82) is 10.5 Å². The molecule has 72 valence electrons. The van der Waals surface area contributed by atoms with E-state index in [1.54, 1.807) is 13.1 Å². The number of nitrogens with zero attached hydrogens (tertiary/aromatic N) is 2. The predicted octanol–water partition coefficient (Wildman–Crippen LogP) is 2.99. The molecule has 0 aliphatic heterocycles. The highest BCUT2D eigenvalue weighted by Gasteiger charge is 2.29. The van der Waals surface area contributed by atoms with Crippen molar-refractivity contribution in [3.05, 3.63) is 0 Å². The normalized spacial score (nSPS) is 13.5. The second-order valence-corrected chi connectivity index (χ2v) is 7.97. The minimum atomic E-state index is -2.57. The lowest BCUT2D eigenvalue weighted by Crippen LogP contribution is -2.24. The second-order valence-electron chi connectivity index (χ2n) is 3.85. The van der Waals surface area contributed by atoms with Crippen molar-refractivity contribution in [3.63, 3.8) is 0 Å². The topological polar surface area (TPSA) is 47.6 Å². The summed E-state index contributed by atoms with van der Waals surface area (Å²) in [5, 5.41) is 17.0. The van der Waals surface area contributed by atoms with Crippen molar-refractivity contribution >= 4 is 8.41 Å². The molecule has 0 aliphatic carbocycles. The molecule has 0 aliphatic rings. The number of nitriles is 2. The fourth-order valence-electron chi connectivity index (χ4n) is 0.918. The Bertz CT molecular complexity index is 219. The molecule has 0 radical (unpaired) electrons. The van der Waals surface area contributed by atoms with Gasteiger partial charge in [0.05, 0.1) is 12.1 Å². The van der Waals surface area contributed by atoms with Crippen LogP contribution in [0.1, 0.15) is 19.8 Å². The lowest BCUT2D eigenvalue weighted by Gasteiger charge is -2.19. The molecule has 0 fully saturated rings.